The first kappa shape index (κ1) is 20.1. The second kappa shape index (κ2) is 8.67. The summed E-state index contributed by atoms with van der Waals surface area (Å²) in [6, 6.07) is 22.4. The van der Waals surface area contributed by atoms with Crippen LogP contribution in [0, 0.1) is 13.8 Å². The highest BCUT2D eigenvalue weighted by molar-refractivity contribution is 9.10. The molecule has 0 atom stereocenters. The average molecular weight is 461 g/mol. The quantitative estimate of drug-likeness (QED) is 0.229. The van der Waals surface area contributed by atoms with Gasteiger partial charge in [-0.2, -0.15) is 5.10 Å². The highest BCUT2D eigenvalue weighted by Crippen LogP contribution is 2.28. The van der Waals surface area contributed by atoms with Crippen LogP contribution >= 0.6 is 15.9 Å². The van der Waals surface area contributed by atoms with Crippen LogP contribution in [0.25, 0.3) is 21.5 Å². The first-order valence-corrected chi connectivity index (χ1v) is 10.4. The van der Waals surface area contributed by atoms with Crippen LogP contribution in [0.4, 0.5) is 0 Å². The maximum atomic E-state index is 12.3. The number of carbonyl (C=O) groups excluding carboxylic acids is 1. The Morgan fingerprint density at radius 3 is 2.13 bits per heavy atom. The summed E-state index contributed by atoms with van der Waals surface area (Å²) in [5, 5.41) is 8.65. The van der Waals surface area contributed by atoms with E-state index in [9.17, 15) is 4.79 Å². The van der Waals surface area contributed by atoms with Crippen molar-refractivity contribution in [2.45, 2.75) is 13.8 Å². The molecule has 4 nitrogen and oxygen atoms in total. The van der Waals surface area contributed by atoms with E-state index in [-0.39, 0.29) is 12.5 Å². The second-order valence-electron chi connectivity index (χ2n) is 7.18. The fourth-order valence-electron chi connectivity index (χ4n) is 3.65. The molecule has 0 aliphatic heterocycles. The second-order valence-corrected chi connectivity index (χ2v) is 8.10. The minimum atomic E-state index is -0.308. The molecule has 0 radical (unpaired) electrons. The number of rotatable bonds is 5. The van der Waals surface area contributed by atoms with Crippen LogP contribution < -0.4 is 10.2 Å². The number of hydrogen-bond donors (Lipinski definition) is 1. The number of amides is 1. The van der Waals surface area contributed by atoms with E-state index in [1.54, 1.807) is 6.21 Å². The average Bonchev–Trinajstić information content (AvgIpc) is 2.72. The van der Waals surface area contributed by atoms with E-state index in [0.29, 0.717) is 0 Å². The first-order chi connectivity index (χ1) is 14.5. The van der Waals surface area contributed by atoms with E-state index in [2.05, 4.69) is 56.8 Å². The molecular formula is C25H21BrN2O2. The van der Waals surface area contributed by atoms with Crippen molar-refractivity contribution < 1.29 is 9.53 Å². The Kier molecular flexibility index (Phi) is 5.81. The van der Waals surface area contributed by atoms with Crippen LogP contribution in [0.1, 0.15) is 16.7 Å². The van der Waals surface area contributed by atoms with Gasteiger partial charge in [0.05, 0.1) is 6.21 Å². The Balaban J connectivity index is 1.52. The van der Waals surface area contributed by atoms with Crippen molar-refractivity contribution >= 4 is 49.6 Å². The van der Waals surface area contributed by atoms with Gasteiger partial charge in [-0.25, -0.2) is 5.43 Å². The third-order valence-corrected chi connectivity index (χ3v) is 5.43. The molecule has 0 saturated carbocycles. The van der Waals surface area contributed by atoms with Gasteiger partial charge in [0.1, 0.15) is 5.75 Å². The van der Waals surface area contributed by atoms with Gasteiger partial charge in [0.2, 0.25) is 0 Å². The molecule has 30 heavy (non-hydrogen) atoms. The van der Waals surface area contributed by atoms with Gasteiger partial charge < -0.3 is 4.74 Å². The molecule has 150 valence electrons. The van der Waals surface area contributed by atoms with Crippen LogP contribution in [-0.4, -0.2) is 18.7 Å². The Morgan fingerprint density at radius 2 is 1.53 bits per heavy atom. The molecule has 0 bridgehead atoms. The zero-order valence-corrected chi connectivity index (χ0v) is 18.4. The van der Waals surface area contributed by atoms with Crippen molar-refractivity contribution in [2.75, 3.05) is 6.61 Å². The summed E-state index contributed by atoms with van der Waals surface area (Å²) in [5.74, 6) is 0.412. The monoisotopic (exact) mass is 460 g/mol. The number of halogens is 1. The van der Waals surface area contributed by atoms with Gasteiger partial charge in [0.25, 0.3) is 5.91 Å². The van der Waals surface area contributed by atoms with E-state index < -0.39 is 0 Å². The van der Waals surface area contributed by atoms with Gasteiger partial charge >= 0.3 is 0 Å². The lowest BCUT2D eigenvalue weighted by Crippen LogP contribution is -2.25. The molecule has 1 amide bonds. The number of aryl methyl sites for hydroxylation is 2. The molecule has 0 saturated heterocycles. The van der Waals surface area contributed by atoms with Crippen molar-refractivity contribution in [1.82, 2.24) is 5.43 Å². The Bertz CT molecular complexity index is 1200. The molecule has 0 aliphatic rings. The normalized spacial score (nSPS) is 11.3. The van der Waals surface area contributed by atoms with Crippen molar-refractivity contribution in [3.8, 4) is 5.75 Å². The predicted octanol–water partition coefficient (Wildman–Crippen LogP) is 5.90. The molecule has 0 fully saturated rings. The smallest absolute Gasteiger partial charge is 0.277 e. The molecule has 4 aromatic rings. The van der Waals surface area contributed by atoms with Gasteiger partial charge in [0, 0.05) is 10.0 Å². The summed E-state index contributed by atoms with van der Waals surface area (Å²) in [6.45, 7) is 3.81. The highest BCUT2D eigenvalue weighted by Gasteiger charge is 2.09. The minimum Gasteiger partial charge on any atom is -0.483 e. The molecule has 0 unspecified atom stereocenters. The standard InChI is InChI=1S/C25H21BrN2O2/c1-16-11-20(26)12-17(2)25(16)30-15-24(29)28-27-14-23-21-9-5-3-7-18(21)13-19-8-4-6-10-22(19)23/h3-14H,15H2,1-2H3,(H,28,29)/b27-14-. The minimum absolute atomic E-state index is 0.100. The van der Waals surface area contributed by atoms with Gasteiger partial charge in [-0.05, 0) is 64.7 Å². The van der Waals surface area contributed by atoms with E-state index in [1.165, 1.54) is 0 Å². The lowest BCUT2D eigenvalue weighted by atomic mass is 9.97. The molecule has 4 aromatic carbocycles. The van der Waals surface area contributed by atoms with Gasteiger partial charge in [-0.15, -0.1) is 0 Å². The summed E-state index contributed by atoms with van der Waals surface area (Å²) in [4.78, 5) is 12.3. The first-order valence-electron chi connectivity index (χ1n) is 9.65. The third-order valence-electron chi connectivity index (χ3n) is 4.97. The van der Waals surface area contributed by atoms with Crippen molar-refractivity contribution in [3.05, 3.63) is 87.9 Å². The van der Waals surface area contributed by atoms with Crippen LogP contribution in [0.3, 0.4) is 0 Å². The number of hydrogen-bond acceptors (Lipinski definition) is 3. The van der Waals surface area contributed by atoms with Gasteiger partial charge in [-0.3, -0.25) is 4.79 Å². The fraction of sp³-hybridized carbons (Fsp3) is 0.120. The van der Waals surface area contributed by atoms with Crippen LogP contribution in [0.5, 0.6) is 5.75 Å². The summed E-state index contributed by atoms with van der Waals surface area (Å²) < 4.78 is 6.71. The van der Waals surface area contributed by atoms with Crippen molar-refractivity contribution in [1.29, 1.82) is 0 Å². The van der Waals surface area contributed by atoms with E-state index >= 15 is 0 Å². The summed E-state index contributed by atoms with van der Waals surface area (Å²) in [6.07, 6.45) is 1.71. The number of fused-ring (bicyclic) bond motifs is 2. The lowest BCUT2D eigenvalue weighted by molar-refractivity contribution is -0.123. The molecule has 1 N–H and O–H groups in total. The van der Waals surface area contributed by atoms with Crippen LogP contribution in [0.2, 0.25) is 0 Å². The van der Waals surface area contributed by atoms with Crippen molar-refractivity contribution in [2.24, 2.45) is 5.10 Å². The largest absolute Gasteiger partial charge is 0.483 e. The Labute approximate surface area is 183 Å². The molecule has 0 aromatic heterocycles. The number of nitrogens with one attached hydrogen (secondary N) is 1. The van der Waals surface area contributed by atoms with Crippen LogP contribution in [0.15, 0.2) is 76.3 Å². The van der Waals surface area contributed by atoms with E-state index in [0.717, 1.165) is 48.5 Å². The van der Waals surface area contributed by atoms with Crippen LogP contribution in [-0.2, 0) is 4.79 Å². The number of carbonyl (C=O) groups is 1. The number of benzene rings is 4. The maximum absolute atomic E-state index is 12.3. The van der Waals surface area contributed by atoms with Gasteiger partial charge in [-0.1, -0.05) is 64.5 Å². The Hall–Kier alpha value is -3.18. The molecular weight excluding hydrogens is 440 g/mol. The summed E-state index contributed by atoms with van der Waals surface area (Å²) in [7, 11) is 0. The summed E-state index contributed by atoms with van der Waals surface area (Å²) in [5.41, 5.74) is 5.50. The topological polar surface area (TPSA) is 50.7 Å². The van der Waals surface area contributed by atoms with E-state index in [1.807, 2.05) is 50.2 Å². The number of nitrogens with zero attached hydrogens (tertiary/aromatic N) is 1. The zero-order chi connectivity index (χ0) is 21.1. The molecule has 0 spiro atoms. The number of ether oxygens (including phenoxy) is 1. The SMILES string of the molecule is Cc1cc(Br)cc(C)c1OCC(=O)N/N=C\c1c2ccccc2cc2ccccc12. The Morgan fingerprint density at radius 1 is 0.967 bits per heavy atom. The molecule has 5 heteroatoms. The molecule has 0 aliphatic carbocycles. The molecule has 4 rings (SSSR count). The van der Waals surface area contributed by atoms with Gasteiger partial charge in [0.15, 0.2) is 6.61 Å². The zero-order valence-electron chi connectivity index (χ0n) is 16.8. The maximum Gasteiger partial charge on any atom is 0.277 e. The lowest BCUT2D eigenvalue weighted by Gasteiger charge is -2.12. The third kappa shape index (κ3) is 4.21. The fourth-order valence-corrected chi connectivity index (χ4v) is 4.34. The number of hydrazone groups is 1. The predicted molar refractivity (Wildman–Crippen MR) is 126 cm³/mol. The molecule has 0 heterocycles. The highest BCUT2D eigenvalue weighted by atomic mass is 79.9. The van der Waals surface area contributed by atoms with Crippen molar-refractivity contribution in [3.63, 3.8) is 0 Å². The summed E-state index contributed by atoms with van der Waals surface area (Å²) >= 11 is 3.46. The van der Waals surface area contributed by atoms with E-state index in [4.69, 9.17) is 4.74 Å².